The molecule has 0 unspecified atom stereocenters. The van der Waals surface area contributed by atoms with Crippen molar-refractivity contribution in [3.05, 3.63) is 52.4 Å². The summed E-state index contributed by atoms with van der Waals surface area (Å²) in [6.07, 6.45) is 1.96. The van der Waals surface area contributed by atoms with Gasteiger partial charge in [0.05, 0.1) is 18.2 Å². The molecule has 0 saturated carbocycles. The molecule has 2 aromatic rings. The smallest absolute Gasteiger partial charge is 0.142 e. The Morgan fingerprint density at radius 2 is 2.10 bits per heavy atom. The second-order valence-electron chi connectivity index (χ2n) is 5.11. The third kappa shape index (κ3) is 3.23. The molecule has 1 aromatic heterocycles. The maximum absolute atomic E-state index is 9.02. The summed E-state index contributed by atoms with van der Waals surface area (Å²) in [6.45, 7) is 1.22. The van der Waals surface area contributed by atoms with Crippen LogP contribution in [0.25, 0.3) is 0 Å². The third-order valence-electron chi connectivity index (χ3n) is 3.65. The van der Waals surface area contributed by atoms with Gasteiger partial charge in [-0.25, -0.2) is 0 Å². The highest BCUT2D eigenvalue weighted by molar-refractivity contribution is 6.32. The molecule has 21 heavy (non-hydrogen) atoms. The summed E-state index contributed by atoms with van der Waals surface area (Å²) in [6, 6.07) is 9.70. The number of para-hydroxylation sites is 1. The van der Waals surface area contributed by atoms with Gasteiger partial charge in [-0.15, -0.1) is 0 Å². The number of benzene rings is 1. The van der Waals surface area contributed by atoms with Gasteiger partial charge >= 0.3 is 0 Å². The van der Waals surface area contributed by atoms with Crippen molar-refractivity contribution in [3.63, 3.8) is 0 Å². The molecular weight excluding hydrogens is 290 g/mol. The molecule has 2 N–H and O–H groups in total. The normalized spacial score (nSPS) is 17.9. The van der Waals surface area contributed by atoms with E-state index in [9.17, 15) is 0 Å². The molecule has 0 amide bonds. The van der Waals surface area contributed by atoms with E-state index in [1.54, 1.807) is 6.07 Å². The molecule has 1 atom stereocenters. The number of ether oxygens (including phenoxy) is 1. The molecule has 112 valence electrons. The molecule has 5 heteroatoms. The van der Waals surface area contributed by atoms with E-state index in [1.807, 2.05) is 24.3 Å². The van der Waals surface area contributed by atoms with Crippen LogP contribution in [0.4, 0.5) is 0 Å². The van der Waals surface area contributed by atoms with E-state index >= 15 is 0 Å². The van der Waals surface area contributed by atoms with Gasteiger partial charge in [-0.2, -0.15) is 0 Å². The highest BCUT2D eigenvalue weighted by Gasteiger charge is 2.21. The van der Waals surface area contributed by atoms with Crippen LogP contribution in [0.15, 0.2) is 34.7 Å². The first-order valence-corrected chi connectivity index (χ1v) is 7.49. The van der Waals surface area contributed by atoms with Crippen LogP contribution >= 0.6 is 11.6 Å². The van der Waals surface area contributed by atoms with Crippen LogP contribution in [0.5, 0.6) is 5.75 Å². The third-order valence-corrected chi connectivity index (χ3v) is 3.95. The molecule has 4 nitrogen and oxygen atoms in total. The van der Waals surface area contributed by atoms with E-state index in [0.717, 1.165) is 29.9 Å². The van der Waals surface area contributed by atoms with Gasteiger partial charge in [-0.1, -0.05) is 23.7 Å². The number of halogens is 1. The van der Waals surface area contributed by atoms with Gasteiger partial charge in [0.15, 0.2) is 0 Å². The molecule has 2 heterocycles. The number of nitrogens with one attached hydrogen (secondary N) is 1. The Labute approximate surface area is 128 Å². The van der Waals surface area contributed by atoms with Crippen molar-refractivity contribution >= 4 is 11.6 Å². The zero-order chi connectivity index (χ0) is 14.7. The minimum atomic E-state index is -0.0737. The zero-order valence-electron chi connectivity index (χ0n) is 11.6. The molecule has 0 fully saturated rings. The SMILES string of the molecule is OCc1ccc(CN[C@H]2CCCOc3c(Cl)cccc32)o1. The molecule has 0 spiro atoms. The van der Waals surface area contributed by atoms with Crippen LogP contribution in [0.2, 0.25) is 5.02 Å². The molecule has 0 bridgehead atoms. The van der Waals surface area contributed by atoms with E-state index in [2.05, 4.69) is 5.32 Å². The zero-order valence-corrected chi connectivity index (χ0v) is 12.4. The molecule has 0 saturated heterocycles. The van der Waals surface area contributed by atoms with Gasteiger partial charge in [0.25, 0.3) is 0 Å². The Morgan fingerprint density at radius 3 is 2.90 bits per heavy atom. The van der Waals surface area contributed by atoms with Crippen LogP contribution in [-0.2, 0) is 13.2 Å². The van der Waals surface area contributed by atoms with E-state index in [4.69, 9.17) is 25.9 Å². The fourth-order valence-electron chi connectivity index (χ4n) is 2.61. The van der Waals surface area contributed by atoms with E-state index in [1.165, 1.54) is 0 Å². The largest absolute Gasteiger partial charge is 0.492 e. The van der Waals surface area contributed by atoms with Crippen LogP contribution in [-0.4, -0.2) is 11.7 Å². The number of fused-ring (bicyclic) bond motifs is 1. The van der Waals surface area contributed by atoms with Gasteiger partial charge in [0.1, 0.15) is 23.9 Å². The first-order valence-electron chi connectivity index (χ1n) is 7.11. The summed E-state index contributed by atoms with van der Waals surface area (Å²) in [4.78, 5) is 0. The van der Waals surface area contributed by atoms with Crippen molar-refractivity contribution in [2.45, 2.75) is 32.0 Å². The Balaban J connectivity index is 1.75. The van der Waals surface area contributed by atoms with Gasteiger partial charge in [0.2, 0.25) is 0 Å². The second-order valence-corrected chi connectivity index (χ2v) is 5.52. The molecule has 1 aliphatic heterocycles. The number of aliphatic hydroxyl groups excluding tert-OH is 1. The quantitative estimate of drug-likeness (QED) is 0.908. The maximum Gasteiger partial charge on any atom is 0.142 e. The van der Waals surface area contributed by atoms with Crippen LogP contribution in [0.1, 0.15) is 36.0 Å². The number of aliphatic hydroxyl groups is 1. The lowest BCUT2D eigenvalue weighted by atomic mass is 10.0. The van der Waals surface area contributed by atoms with Gasteiger partial charge in [-0.05, 0) is 31.0 Å². The summed E-state index contributed by atoms with van der Waals surface area (Å²) in [5.74, 6) is 2.18. The van der Waals surface area contributed by atoms with E-state index in [-0.39, 0.29) is 12.6 Å². The van der Waals surface area contributed by atoms with Crippen LogP contribution < -0.4 is 10.1 Å². The number of hydrogen-bond acceptors (Lipinski definition) is 4. The fraction of sp³-hybridized carbons (Fsp3) is 0.375. The number of hydrogen-bond donors (Lipinski definition) is 2. The standard InChI is InChI=1S/C16H18ClNO3/c17-14-4-1-3-13-15(5-2-8-20-16(13)14)18-9-11-6-7-12(10-19)21-11/h1,3-4,6-7,15,18-19H,2,5,8-10H2/t15-/m0/s1. The van der Waals surface area contributed by atoms with Gasteiger partial charge in [-0.3, -0.25) is 0 Å². The Bertz CT molecular complexity index is 611. The lowest BCUT2D eigenvalue weighted by Crippen LogP contribution is -2.20. The Kier molecular flexibility index (Phi) is 4.48. The predicted octanol–water partition coefficient (Wildman–Crippen LogP) is 3.43. The second kappa shape index (κ2) is 6.52. The van der Waals surface area contributed by atoms with Crippen molar-refractivity contribution in [3.8, 4) is 5.75 Å². The molecular formula is C16H18ClNO3. The van der Waals surface area contributed by atoms with Crippen molar-refractivity contribution in [2.24, 2.45) is 0 Å². The molecule has 1 aromatic carbocycles. The Morgan fingerprint density at radius 1 is 1.24 bits per heavy atom. The van der Waals surface area contributed by atoms with Crippen LogP contribution in [0.3, 0.4) is 0 Å². The first-order chi connectivity index (χ1) is 10.3. The predicted molar refractivity (Wildman–Crippen MR) is 80.4 cm³/mol. The monoisotopic (exact) mass is 307 g/mol. The summed E-state index contributed by atoms with van der Waals surface area (Å²) < 4.78 is 11.3. The highest BCUT2D eigenvalue weighted by atomic mass is 35.5. The fourth-order valence-corrected chi connectivity index (χ4v) is 2.84. The minimum absolute atomic E-state index is 0.0737. The number of rotatable bonds is 4. The van der Waals surface area contributed by atoms with Crippen molar-refractivity contribution in [1.82, 2.24) is 5.32 Å². The molecule has 0 aliphatic carbocycles. The van der Waals surface area contributed by atoms with Crippen molar-refractivity contribution in [1.29, 1.82) is 0 Å². The highest BCUT2D eigenvalue weighted by Crippen LogP contribution is 2.37. The summed E-state index contributed by atoms with van der Waals surface area (Å²) in [5, 5.41) is 13.2. The average molecular weight is 308 g/mol. The summed E-state index contributed by atoms with van der Waals surface area (Å²) in [5.41, 5.74) is 1.09. The summed E-state index contributed by atoms with van der Waals surface area (Å²) >= 11 is 6.22. The van der Waals surface area contributed by atoms with Crippen molar-refractivity contribution in [2.75, 3.05) is 6.61 Å². The summed E-state index contributed by atoms with van der Waals surface area (Å²) in [7, 11) is 0. The lowest BCUT2D eigenvalue weighted by molar-refractivity contribution is 0.242. The average Bonchev–Trinajstić information content (AvgIpc) is 2.86. The lowest BCUT2D eigenvalue weighted by Gasteiger charge is -2.18. The first kappa shape index (κ1) is 14.4. The van der Waals surface area contributed by atoms with E-state index in [0.29, 0.717) is 23.9 Å². The van der Waals surface area contributed by atoms with Crippen LogP contribution in [0, 0.1) is 0 Å². The van der Waals surface area contributed by atoms with Gasteiger partial charge in [0, 0.05) is 11.6 Å². The molecule has 3 rings (SSSR count). The maximum atomic E-state index is 9.02. The minimum Gasteiger partial charge on any atom is -0.492 e. The topological polar surface area (TPSA) is 54.6 Å². The van der Waals surface area contributed by atoms with E-state index < -0.39 is 0 Å². The van der Waals surface area contributed by atoms with Gasteiger partial charge < -0.3 is 19.6 Å². The molecule has 1 aliphatic rings. The molecule has 0 radical (unpaired) electrons. The number of furan rings is 1. The Hall–Kier alpha value is -1.49. The van der Waals surface area contributed by atoms with Crippen molar-refractivity contribution < 1.29 is 14.3 Å².